The number of nitrogens with two attached hydrogens (primary N) is 1. The molecule has 1 fully saturated rings. The zero-order chi connectivity index (χ0) is 12.8. The third-order valence-electron chi connectivity index (χ3n) is 2.86. The summed E-state index contributed by atoms with van der Waals surface area (Å²) in [6.45, 7) is 7.43. The van der Waals surface area contributed by atoms with Gasteiger partial charge in [0.2, 0.25) is 0 Å². The SMILES string of the molecule is CC(C)CN(CCC(N)=S)C(=O)N1CCCC1. The van der Waals surface area contributed by atoms with Crippen molar-refractivity contribution in [3.63, 3.8) is 0 Å². The molecule has 1 aliphatic heterocycles. The van der Waals surface area contributed by atoms with Gasteiger partial charge in [-0.3, -0.25) is 0 Å². The Labute approximate surface area is 109 Å². The average molecular weight is 257 g/mol. The standard InChI is InChI=1S/C12H23N3OS/c1-10(2)9-15(8-5-11(13)17)12(16)14-6-3-4-7-14/h10H,3-9H2,1-2H3,(H2,13,17). The van der Waals surface area contributed by atoms with E-state index in [0.717, 1.165) is 32.5 Å². The minimum Gasteiger partial charge on any atom is -0.393 e. The van der Waals surface area contributed by atoms with E-state index >= 15 is 0 Å². The van der Waals surface area contributed by atoms with E-state index in [9.17, 15) is 4.79 Å². The first-order valence-electron chi connectivity index (χ1n) is 6.33. The number of likely N-dealkylation sites (tertiary alicyclic amines) is 1. The lowest BCUT2D eigenvalue weighted by Crippen LogP contribution is -2.44. The van der Waals surface area contributed by atoms with Gasteiger partial charge in [0.1, 0.15) is 0 Å². The Morgan fingerprint density at radius 1 is 1.41 bits per heavy atom. The lowest BCUT2D eigenvalue weighted by Gasteiger charge is -2.29. The van der Waals surface area contributed by atoms with Crippen molar-refractivity contribution in [1.29, 1.82) is 0 Å². The summed E-state index contributed by atoms with van der Waals surface area (Å²) in [6.07, 6.45) is 2.86. The summed E-state index contributed by atoms with van der Waals surface area (Å²) in [5.74, 6) is 0.466. The summed E-state index contributed by atoms with van der Waals surface area (Å²) < 4.78 is 0. The van der Waals surface area contributed by atoms with E-state index in [4.69, 9.17) is 18.0 Å². The molecule has 1 saturated heterocycles. The van der Waals surface area contributed by atoms with Gasteiger partial charge in [0, 0.05) is 32.6 Å². The number of amides is 2. The number of carbonyl (C=O) groups excluding carboxylic acids is 1. The lowest BCUT2D eigenvalue weighted by atomic mass is 10.2. The molecule has 0 spiro atoms. The van der Waals surface area contributed by atoms with Crippen LogP contribution in [0.15, 0.2) is 0 Å². The zero-order valence-corrected chi connectivity index (χ0v) is 11.6. The van der Waals surface area contributed by atoms with Gasteiger partial charge < -0.3 is 15.5 Å². The molecule has 5 heteroatoms. The number of urea groups is 1. The van der Waals surface area contributed by atoms with E-state index < -0.39 is 0 Å². The van der Waals surface area contributed by atoms with Gasteiger partial charge in [0.05, 0.1) is 4.99 Å². The predicted octanol–water partition coefficient (Wildman–Crippen LogP) is 1.84. The largest absolute Gasteiger partial charge is 0.393 e. The molecule has 1 rings (SSSR count). The molecule has 0 saturated carbocycles. The average Bonchev–Trinajstić information content (AvgIpc) is 2.75. The van der Waals surface area contributed by atoms with Crippen molar-refractivity contribution in [2.75, 3.05) is 26.2 Å². The van der Waals surface area contributed by atoms with Crippen LogP contribution in [-0.4, -0.2) is 47.0 Å². The van der Waals surface area contributed by atoms with Gasteiger partial charge in [0.15, 0.2) is 0 Å². The van der Waals surface area contributed by atoms with Crippen molar-refractivity contribution in [2.45, 2.75) is 33.1 Å². The maximum Gasteiger partial charge on any atom is 0.320 e. The van der Waals surface area contributed by atoms with Crippen molar-refractivity contribution in [1.82, 2.24) is 9.80 Å². The smallest absolute Gasteiger partial charge is 0.320 e. The third-order valence-corrected chi connectivity index (χ3v) is 3.06. The Balaban J connectivity index is 2.53. The first-order valence-corrected chi connectivity index (χ1v) is 6.73. The molecule has 2 N–H and O–H groups in total. The summed E-state index contributed by atoms with van der Waals surface area (Å²) >= 11 is 4.88. The number of rotatable bonds is 5. The van der Waals surface area contributed by atoms with Crippen LogP contribution in [0, 0.1) is 5.92 Å². The Bertz CT molecular complexity index is 275. The second kappa shape index (κ2) is 6.79. The molecule has 0 bridgehead atoms. The van der Waals surface area contributed by atoms with Gasteiger partial charge in [-0.15, -0.1) is 0 Å². The molecule has 98 valence electrons. The molecular weight excluding hydrogens is 234 g/mol. The van der Waals surface area contributed by atoms with Crippen LogP contribution >= 0.6 is 12.2 Å². The van der Waals surface area contributed by atoms with E-state index in [1.54, 1.807) is 0 Å². The highest BCUT2D eigenvalue weighted by molar-refractivity contribution is 7.80. The lowest BCUT2D eigenvalue weighted by molar-refractivity contribution is 0.158. The Morgan fingerprint density at radius 3 is 2.47 bits per heavy atom. The summed E-state index contributed by atoms with van der Waals surface area (Å²) in [6, 6.07) is 0.146. The summed E-state index contributed by atoms with van der Waals surface area (Å²) in [4.78, 5) is 16.6. The van der Waals surface area contributed by atoms with Crippen molar-refractivity contribution < 1.29 is 4.79 Å². The summed E-state index contributed by atoms with van der Waals surface area (Å²) in [7, 11) is 0. The van der Waals surface area contributed by atoms with Crippen LogP contribution in [0.5, 0.6) is 0 Å². The summed E-state index contributed by atoms with van der Waals surface area (Å²) in [5.41, 5.74) is 5.51. The first kappa shape index (κ1) is 14.2. The van der Waals surface area contributed by atoms with Crippen LogP contribution in [0.2, 0.25) is 0 Å². The number of thiocarbonyl (C=S) groups is 1. The minimum atomic E-state index is 0.146. The highest BCUT2D eigenvalue weighted by Crippen LogP contribution is 2.12. The minimum absolute atomic E-state index is 0.146. The van der Waals surface area contributed by atoms with Crippen LogP contribution < -0.4 is 5.73 Å². The molecule has 0 aliphatic carbocycles. The third kappa shape index (κ3) is 4.89. The number of nitrogens with zero attached hydrogens (tertiary/aromatic N) is 2. The molecule has 0 radical (unpaired) electrons. The van der Waals surface area contributed by atoms with E-state index in [-0.39, 0.29) is 6.03 Å². The fourth-order valence-electron chi connectivity index (χ4n) is 2.06. The van der Waals surface area contributed by atoms with Crippen molar-refractivity contribution in [3.8, 4) is 0 Å². The van der Waals surface area contributed by atoms with Crippen LogP contribution in [-0.2, 0) is 0 Å². The highest BCUT2D eigenvalue weighted by Gasteiger charge is 2.23. The van der Waals surface area contributed by atoms with Gasteiger partial charge >= 0.3 is 6.03 Å². The molecular formula is C12H23N3OS. The maximum absolute atomic E-state index is 12.3. The summed E-state index contributed by atoms with van der Waals surface area (Å²) in [5, 5.41) is 0. The maximum atomic E-state index is 12.3. The topological polar surface area (TPSA) is 49.6 Å². The quantitative estimate of drug-likeness (QED) is 0.765. The number of hydrogen-bond donors (Lipinski definition) is 1. The van der Waals surface area contributed by atoms with E-state index in [1.807, 2.05) is 9.80 Å². The molecule has 0 atom stereocenters. The Kier molecular flexibility index (Phi) is 5.68. The normalized spacial score (nSPS) is 15.4. The monoisotopic (exact) mass is 257 g/mol. The van der Waals surface area contributed by atoms with Gasteiger partial charge in [-0.05, 0) is 18.8 Å². The predicted molar refractivity (Wildman–Crippen MR) is 74.0 cm³/mol. The molecule has 0 aromatic carbocycles. The molecule has 2 amide bonds. The van der Waals surface area contributed by atoms with Crippen LogP contribution in [0.25, 0.3) is 0 Å². The van der Waals surface area contributed by atoms with Crippen LogP contribution in [0.4, 0.5) is 4.79 Å². The number of carbonyl (C=O) groups is 1. The van der Waals surface area contributed by atoms with Gasteiger partial charge in [-0.1, -0.05) is 26.1 Å². The molecule has 1 aliphatic rings. The van der Waals surface area contributed by atoms with Crippen LogP contribution in [0.3, 0.4) is 0 Å². The zero-order valence-electron chi connectivity index (χ0n) is 10.8. The first-order chi connectivity index (χ1) is 8.00. The van der Waals surface area contributed by atoms with Crippen molar-refractivity contribution in [3.05, 3.63) is 0 Å². The van der Waals surface area contributed by atoms with Crippen molar-refractivity contribution in [2.24, 2.45) is 11.7 Å². The van der Waals surface area contributed by atoms with E-state index in [1.165, 1.54) is 0 Å². The van der Waals surface area contributed by atoms with E-state index in [0.29, 0.717) is 23.9 Å². The fourth-order valence-corrected chi connectivity index (χ4v) is 2.15. The molecule has 4 nitrogen and oxygen atoms in total. The fraction of sp³-hybridized carbons (Fsp3) is 0.833. The van der Waals surface area contributed by atoms with Crippen LogP contribution in [0.1, 0.15) is 33.1 Å². The molecule has 1 heterocycles. The van der Waals surface area contributed by atoms with Crippen molar-refractivity contribution >= 4 is 23.2 Å². The number of hydrogen-bond acceptors (Lipinski definition) is 2. The van der Waals surface area contributed by atoms with Gasteiger partial charge in [-0.2, -0.15) is 0 Å². The van der Waals surface area contributed by atoms with E-state index in [2.05, 4.69) is 13.8 Å². The molecule has 17 heavy (non-hydrogen) atoms. The molecule has 0 unspecified atom stereocenters. The Hall–Kier alpha value is -0.840. The molecule has 0 aromatic heterocycles. The van der Waals surface area contributed by atoms with Gasteiger partial charge in [-0.25, -0.2) is 4.79 Å². The van der Waals surface area contributed by atoms with Gasteiger partial charge in [0.25, 0.3) is 0 Å². The highest BCUT2D eigenvalue weighted by atomic mass is 32.1. The Morgan fingerprint density at radius 2 is 2.00 bits per heavy atom. The molecule has 0 aromatic rings. The second-order valence-electron chi connectivity index (χ2n) is 5.03. The second-order valence-corrected chi connectivity index (χ2v) is 5.56.